The fraction of sp³-hybridized carbons (Fsp3) is 0.471. The number of aromatic nitrogens is 3. The van der Waals surface area contributed by atoms with Crippen LogP contribution in [0.2, 0.25) is 0 Å². The topological polar surface area (TPSA) is 127 Å². The third kappa shape index (κ3) is 7.48. The number of carboxylic acid groups (broad SMARTS) is 1. The number of anilines is 1. The molecule has 1 saturated heterocycles. The van der Waals surface area contributed by atoms with Crippen LogP contribution in [0.15, 0.2) is 48.5 Å². The molecular weight excluding hydrogens is 556 g/mol. The summed E-state index contributed by atoms with van der Waals surface area (Å²) in [6.07, 6.45) is 6.15. The second-order valence-electron chi connectivity index (χ2n) is 11.7. The van der Waals surface area contributed by atoms with Gasteiger partial charge in [-0.2, -0.15) is 0 Å². The second-order valence-corrected chi connectivity index (χ2v) is 11.7. The van der Waals surface area contributed by atoms with Crippen molar-refractivity contribution in [3.8, 4) is 5.75 Å². The summed E-state index contributed by atoms with van der Waals surface area (Å²) in [4.78, 5) is 38.8. The number of aryl methyl sites for hydroxylation is 2. The van der Waals surface area contributed by atoms with Crippen molar-refractivity contribution in [2.75, 3.05) is 31.9 Å². The number of para-hydroxylation sites is 1. The van der Waals surface area contributed by atoms with E-state index in [1.54, 1.807) is 6.07 Å². The molecule has 10 heteroatoms. The van der Waals surface area contributed by atoms with Gasteiger partial charge in [-0.3, -0.25) is 9.69 Å². The quantitative estimate of drug-likeness (QED) is 0.201. The van der Waals surface area contributed by atoms with Gasteiger partial charge in [0.2, 0.25) is 5.91 Å². The number of ether oxygens (including phenoxy) is 1. The van der Waals surface area contributed by atoms with Crippen LogP contribution < -0.4 is 10.5 Å². The second kappa shape index (κ2) is 14.5. The number of hydrogen-bond donors (Lipinski definition) is 2. The maximum atomic E-state index is 13.7. The molecule has 2 aromatic heterocycles. The van der Waals surface area contributed by atoms with Crippen molar-refractivity contribution in [3.63, 3.8) is 0 Å². The lowest BCUT2D eigenvalue weighted by atomic mass is 10.1. The minimum Gasteiger partial charge on any atom is -0.479 e. The number of imidazole rings is 1. The van der Waals surface area contributed by atoms with Crippen molar-refractivity contribution in [3.05, 3.63) is 59.9 Å². The molecule has 1 aliphatic rings. The monoisotopic (exact) mass is 600 g/mol. The molecule has 1 atom stereocenters. The molecule has 10 nitrogen and oxygen atoms in total. The fourth-order valence-corrected chi connectivity index (χ4v) is 5.98. The van der Waals surface area contributed by atoms with E-state index >= 15 is 0 Å². The third-order valence-corrected chi connectivity index (χ3v) is 8.35. The highest BCUT2D eigenvalue weighted by Gasteiger charge is 2.22. The van der Waals surface area contributed by atoms with Crippen LogP contribution >= 0.6 is 0 Å². The molecule has 5 rings (SSSR count). The van der Waals surface area contributed by atoms with Crippen molar-refractivity contribution < 1.29 is 19.4 Å². The average Bonchev–Trinajstić information content (AvgIpc) is 3.39. The smallest absolute Gasteiger partial charge is 0.344 e. The number of carboxylic acids is 1. The number of pyridine rings is 1. The molecule has 0 aliphatic carbocycles. The Morgan fingerprint density at radius 1 is 1.07 bits per heavy atom. The molecular formula is C34H44N6O4. The lowest BCUT2D eigenvalue weighted by Gasteiger charge is -2.30. The van der Waals surface area contributed by atoms with Crippen molar-refractivity contribution in [1.29, 1.82) is 0 Å². The minimum absolute atomic E-state index is 0.0951. The van der Waals surface area contributed by atoms with E-state index in [1.807, 2.05) is 41.3 Å². The number of aliphatic carboxylic acids is 1. The summed E-state index contributed by atoms with van der Waals surface area (Å²) >= 11 is 0. The van der Waals surface area contributed by atoms with Gasteiger partial charge in [-0.1, -0.05) is 50.1 Å². The van der Waals surface area contributed by atoms with E-state index in [1.165, 1.54) is 13.3 Å². The number of carbonyl (C=O) groups excluding carboxylic acids is 1. The molecule has 1 unspecified atom stereocenters. The fourth-order valence-electron chi connectivity index (χ4n) is 5.98. The number of amides is 1. The summed E-state index contributed by atoms with van der Waals surface area (Å²) in [6, 6.07) is 15.4. The summed E-state index contributed by atoms with van der Waals surface area (Å²) in [5.74, 6) is 0.981. The number of piperidine rings is 1. The molecule has 1 aliphatic heterocycles. The van der Waals surface area contributed by atoms with Crippen molar-refractivity contribution in [1.82, 2.24) is 24.3 Å². The number of nitrogens with zero attached hydrogens (tertiary/aromatic N) is 5. The van der Waals surface area contributed by atoms with E-state index in [9.17, 15) is 14.7 Å². The molecule has 3 N–H and O–H groups in total. The standard InChI is InChI=1S/C34H44N6O4/c1-3-4-16-29-37-31-32(27-14-6-7-15-28(27)36-33(31)35)40(29)20-11-19-39(30(41)23-38-17-8-5-9-18-38)22-25-12-10-13-26(21-25)44-24(2)34(42)43/h6-7,10,12-15,21,24H,3-5,8-9,11,16-20,22-23H2,1-2H3,(H2,35,36)(H,42,43). The first-order chi connectivity index (χ1) is 21.3. The Kier molecular flexibility index (Phi) is 10.3. The lowest BCUT2D eigenvalue weighted by molar-refractivity contribution is -0.144. The Morgan fingerprint density at radius 3 is 2.64 bits per heavy atom. The Bertz CT molecular complexity index is 1600. The summed E-state index contributed by atoms with van der Waals surface area (Å²) in [7, 11) is 0. The maximum Gasteiger partial charge on any atom is 0.344 e. The zero-order valence-electron chi connectivity index (χ0n) is 25.9. The lowest BCUT2D eigenvalue weighted by Crippen LogP contribution is -2.42. The van der Waals surface area contributed by atoms with Gasteiger partial charge < -0.3 is 25.0 Å². The molecule has 3 heterocycles. The highest BCUT2D eigenvalue weighted by Crippen LogP contribution is 2.29. The molecule has 2 aromatic carbocycles. The maximum absolute atomic E-state index is 13.7. The summed E-state index contributed by atoms with van der Waals surface area (Å²) < 4.78 is 7.88. The van der Waals surface area contributed by atoms with E-state index in [2.05, 4.69) is 27.4 Å². The highest BCUT2D eigenvalue weighted by atomic mass is 16.5. The first-order valence-electron chi connectivity index (χ1n) is 15.9. The molecule has 234 valence electrons. The number of benzene rings is 2. The number of rotatable bonds is 14. The van der Waals surface area contributed by atoms with Gasteiger partial charge in [0.05, 0.1) is 17.6 Å². The van der Waals surface area contributed by atoms with E-state index < -0.39 is 12.1 Å². The van der Waals surface area contributed by atoms with Crippen molar-refractivity contribution in [2.45, 2.75) is 78.0 Å². The normalized spacial score (nSPS) is 14.6. The van der Waals surface area contributed by atoms with Gasteiger partial charge in [0, 0.05) is 31.4 Å². The van der Waals surface area contributed by atoms with Crippen LogP contribution in [0.25, 0.3) is 21.9 Å². The number of fused-ring (bicyclic) bond motifs is 3. The summed E-state index contributed by atoms with van der Waals surface area (Å²) in [6.45, 7) is 7.63. The van der Waals surface area contributed by atoms with Gasteiger partial charge in [-0.25, -0.2) is 14.8 Å². The van der Waals surface area contributed by atoms with E-state index in [0.717, 1.165) is 84.9 Å². The van der Waals surface area contributed by atoms with Crippen LogP contribution in [0.1, 0.15) is 63.8 Å². The molecule has 4 aromatic rings. The molecule has 1 amide bonds. The van der Waals surface area contributed by atoms with E-state index in [4.69, 9.17) is 15.5 Å². The molecule has 1 fully saturated rings. The van der Waals surface area contributed by atoms with E-state index in [0.29, 0.717) is 37.7 Å². The van der Waals surface area contributed by atoms with Crippen LogP contribution in [0, 0.1) is 0 Å². The van der Waals surface area contributed by atoms with Gasteiger partial charge in [-0.15, -0.1) is 0 Å². The number of carbonyl (C=O) groups is 2. The van der Waals surface area contributed by atoms with Crippen LogP contribution in [0.5, 0.6) is 5.75 Å². The van der Waals surface area contributed by atoms with Gasteiger partial charge in [0.15, 0.2) is 11.9 Å². The van der Waals surface area contributed by atoms with Crippen LogP contribution in [-0.4, -0.2) is 73.6 Å². The van der Waals surface area contributed by atoms with Gasteiger partial charge in [0.1, 0.15) is 17.1 Å². The van der Waals surface area contributed by atoms with E-state index in [-0.39, 0.29) is 5.91 Å². The molecule has 44 heavy (non-hydrogen) atoms. The number of nitrogens with two attached hydrogens (primary N) is 1. The molecule has 0 radical (unpaired) electrons. The number of likely N-dealkylation sites (tertiary alicyclic amines) is 1. The number of hydrogen-bond acceptors (Lipinski definition) is 7. The van der Waals surface area contributed by atoms with Gasteiger partial charge >= 0.3 is 5.97 Å². The Labute approximate surface area is 258 Å². The van der Waals surface area contributed by atoms with Crippen LogP contribution in [-0.2, 0) is 29.1 Å². The van der Waals surface area contributed by atoms with Crippen molar-refractivity contribution >= 4 is 39.6 Å². The van der Waals surface area contributed by atoms with Crippen LogP contribution in [0.3, 0.4) is 0 Å². The average molecular weight is 601 g/mol. The third-order valence-electron chi connectivity index (χ3n) is 8.35. The van der Waals surface area contributed by atoms with Gasteiger partial charge in [-0.05, 0) is 69.5 Å². The number of unbranched alkanes of at least 4 members (excludes halogenated alkanes) is 1. The summed E-state index contributed by atoms with van der Waals surface area (Å²) in [5.41, 5.74) is 9.88. The Morgan fingerprint density at radius 2 is 1.86 bits per heavy atom. The Balaban J connectivity index is 1.39. The molecule has 0 bridgehead atoms. The number of nitrogen functional groups attached to an aromatic ring is 1. The zero-order valence-corrected chi connectivity index (χ0v) is 25.9. The first kappa shape index (κ1) is 31.3. The zero-order chi connectivity index (χ0) is 31.1. The minimum atomic E-state index is -1.02. The Hall–Kier alpha value is -4.18. The summed E-state index contributed by atoms with van der Waals surface area (Å²) in [5, 5.41) is 10.3. The first-order valence-corrected chi connectivity index (χ1v) is 15.9. The predicted octanol–water partition coefficient (Wildman–Crippen LogP) is 5.27. The van der Waals surface area contributed by atoms with Gasteiger partial charge in [0.25, 0.3) is 0 Å². The predicted molar refractivity (Wildman–Crippen MR) is 173 cm³/mol. The van der Waals surface area contributed by atoms with Crippen LogP contribution in [0.4, 0.5) is 5.82 Å². The molecule has 0 spiro atoms. The molecule has 0 saturated carbocycles. The SMILES string of the molecule is CCCCc1nc2c(N)nc3ccccc3c2n1CCCN(Cc1cccc(OC(C)C(=O)O)c1)C(=O)CN1CCCCC1. The van der Waals surface area contributed by atoms with Crippen molar-refractivity contribution in [2.24, 2.45) is 0 Å². The highest BCUT2D eigenvalue weighted by molar-refractivity contribution is 6.06. The largest absolute Gasteiger partial charge is 0.479 e.